The molecule has 1 N–H and O–H groups in total. The maximum Gasteiger partial charge on any atom is 0.262 e. The lowest BCUT2D eigenvalue weighted by Crippen LogP contribution is -2.30. The average molecular weight is 485 g/mol. The highest BCUT2D eigenvalue weighted by atomic mass is 32.2. The van der Waals surface area contributed by atoms with Gasteiger partial charge < -0.3 is 10.1 Å². The van der Waals surface area contributed by atoms with Gasteiger partial charge in [-0.25, -0.2) is 12.8 Å². The number of amides is 1. The number of halogens is 1. The number of carbonyl (C=O) groups excluding carboxylic acids is 2. The maximum atomic E-state index is 13.0. The molecule has 0 aromatic heterocycles. The van der Waals surface area contributed by atoms with Crippen LogP contribution in [0.5, 0.6) is 5.75 Å². The molecule has 3 aromatic carbocycles. The molecule has 0 aliphatic heterocycles. The SMILES string of the molecule is CCN(CC)S(=O)(=O)c1cccc(NC(=O)COc2ccc(C(=O)c3ccc(F)cc3)cc2)c1. The lowest BCUT2D eigenvalue weighted by atomic mass is 10.0. The number of hydrogen-bond acceptors (Lipinski definition) is 5. The van der Waals surface area contributed by atoms with Gasteiger partial charge in [-0.15, -0.1) is 0 Å². The van der Waals surface area contributed by atoms with E-state index in [0.29, 0.717) is 35.7 Å². The fourth-order valence-corrected chi connectivity index (χ4v) is 4.77. The van der Waals surface area contributed by atoms with E-state index in [2.05, 4.69) is 5.32 Å². The number of sulfonamides is 1. The van der Waals surface area contributed by atoms with Crippen LogP contribution >= 0.6 is 0 Å². The summed E-state index contributed by atoms with van der Waals surface area (Å²) in [6, 6.07) is 17.5. The van der Waals surface area contributed by atoms with Crippen molar-refractivity contribution in [3.8, 4) is 5.75 Å². The van der Waals surface area contributed by atoms with Gasteiger partial charge >= 0.3 is 0 Å². The summed E-state index contributed by atoms with van der Waals surface area (Å²) in [6.45, 7) is 3.90. The second kappa shape index (κ2) is 11.0. The van der Waals surface area contributed by atoms with E-state index in [1.165, 1.54) is 40.7 Å². The molecule has 178 valence electrons. The van der Waals surface area contributed by atoms with Crippen LogP contribution in [0.4, 0.5) is 10.1 Å². The summed E-state index contributed by atoms with van der Waals surface area (Å²) in [7, 11) is -3.64. The Bertz CT molecular complexity index is 1260. The van der Waals surface area contributed by atoms with Crippen molar-refractivity contribution >= 4 is 27.4 Å². The molecule has 0 aliphatic carbocycles. The molecule has 0 saturated carbocycles. The number of rotatable bonds is 10. The monoisotopic (exact) mass is 484 g/mol. The van der Waals surface area contributed by atoms with Gasteiger partial charge in [-0.05, 0) is 66.7 Å². The van der Waals surface area contributed by atoms with Gasteiger partial charge in [-0.3, -0.25) is 9.59 Å². The van der Waals surface area contributed by atoms with E-state index in [-0.39, 0.29) is 17.3 Å². The van der Waals surface area contributed by atoms with Gasteiger partial charge in [0.1, 0.15) is 11.6 Å². The molecule has 0 atom stereocenters. The Morgan fingerprint density at radius 2 is 1.50 bits per heavy atom. The van der Waals surface area contributed by atoms with Crippen molar-refractivity contribution in [2.45, 2.75) is 18.7 Å². The van der Waals surface area contributed by atoms with Crippen LogP contribution in [0, 0.1) is 5.82 Å². The van der Waals surface area contributed by atoms with Gasteiger partial charge in [0.15, 0.2) is 12.4 Å². The molecule has 0 saturated heterocycles. The largest absolute Gasteiger partial charge is 0.484 e. The molecule has 9 heteroatoms. The summed E-state index contributed by atoms with van der Waals surface area (Å²) in [5.41, 5.74) is 1.09. The van der Waals surface area contributed by atoms with Crippen molar-refractivity contribution in [2.24, 2.45) is 0 Å². The fraction of sp³-hybridized carbons (Fsp3) is 0.200. The van der Waals surface area contributed by atoms with E-state index in [4.69, 9.17) is 4.74 Å². The second-order valence-electron chi connectivity index (χ2n) is 7.31. The number of carbonyl (C=O) groups is 2. The Morgan fingerprint density at radius 1 is 0.912 bits per heavy atom. The number of anilines is 1. The topological polar surface area (TPSA) is 92.8 Å². The number of ketones is 1. The summed E-state index contributed by atoms with van der Waals surface area (Å²) < 4.78 is 45.2. The number of ether oxygens (including phenoxy) is 1. The number of hydrogen-bond donors (Lipinski definition) is 1. The van der Waals surface area contributed by atoms with Gasteiger partial charge in [0.2, 0.25) is 10.0 Å². The number of nitrogens with zero attached hydrogens (tertiary/aromatic N) is 1. The smallest absolute Gasteiger partial charge is 0.262 e. The van der Waals surface area contributed by atoms with E-state index in [1.807, 2.05) is 0 Å². The predicted molar refractivity (Wildman–Crippen MR) is 127 cm³/mol. The Kier molecular flexibility index (Phi) is 8.14. The van der Waals surface area contributed by atoms with Crippen molar-refractivity contribution in [2.75, 3.05) is 25.0 Å². The lowest BCUT2D eigenvalue weighted by Gasteiger charge is -2.18. The van der Waals surface area contributed by atoms with E-state index in [1.54, 1.807) is 50.2 Å². The highest BCUT2D eigenvalue weighted by molar-refractivity contribution is 7.89. The average Bonchev–Trinajstić information content (AvgIpc) is 2.84. The van der Waals surface area contributed by atoms with Crippen LogP contribution < -0.4 is 10.1 Å². The minimum Gasteiger partial charge on any atom is -0.484 e. The molecule has 3 aromatic rings. The molecule has 0 heterocycles. The van der Waals surface area contributed by atoms with E-state index in [0.717, 1.165) is 0 Å². The van der Waals surface area contributed by atoms with Crippen molar-refractivity contribution in [3.63, 3.8) is 0 Å². The molecule has 34 heavy (non-hydrogen) atoms. The van der Waals surface area contributed by atoms with Crippen molar-refractivity contribution < 1.29 is 27.1 Å². The van der Waals surface area contributed by atoms with E-state index >= 15 is 0 Å². The fourth-order valence-electron chi connectivity index (χ4n) is 3.26. The zero-order valence-corrected chi connectivity index (χ0v) is 19.6. The lowest BCUT2D eigenvalue weighted by molar-refractivity contribution is -0.118. The Labute approximate surface area is 198 Å². The molecule has 0 unspecified atom stereocenters. The van der Waals surface area contributed by atoms with Gasteiger partial charge in [0, 0.05) is 29.9 Å². The quantitative estimate of drug-likeness (QED) is 0.438. The molecule has 0 radical (unpaired) electrons. The first-order valence-electron chi connectivity index (χ1n) is 10.7. The molecular formula is C25H25FN2O5S. The zero-order valence-electron chi connectivity index (χ0n) is 18.8. The van der Waals surface area contributed by atoms with E-state index in [9.17, 15) is 22.4 Å². The van der Waals surface area contributed by atoms with Gasteiger partial charge in [0.05, 0.1) is 4.90 Å². The molecule has 0 bridgehead atoms. The maximum absolute atomic E-state index is 13.0. The first-order valence-corrected chi connectivity index (χ1v) is 12.1. The van der Waals surface area contributed by atoms with Crippen LogP contribution in [0.15, 0.2) is 77.7 Å². The van der Waals surface area contributed by atoms with Crippen molar-refractivity contribution in [3.05, 3.63) is 89.7 Å². The highest BCUT2D eigenvalue weighted by Crippen LogP contribution is 2.20. The van der Waals surface area contributed by atoms with Crippen LogP contribution in [0.3, 0.4) is 0 Å². The third-order valence-electron chi connectivity index (χ3n) is 5.05. The van der Waals surface area contributed by atoms with Crippen molar-refractivity contribution in [1.82, 2.24) is 4.31 Å². The summed E-state index contributed by atoms with van der Waals surface area (Å²) in [4.78, 5) is 24.8. The summed E-state index contributed by atoms with van der Waals surface area (Å²) in [5.74, 6) is -0.771. The van der Waals surface area contributed by atoms with Gasteiger partial charge in [0.25, 0.3) is 5.91 Å². The van der Waals surface area contributed by atoms with Crippen LogP contribution in [-0.2, 0) is 14.8 Å². The third-order valence-corrected chi connectivity index (χ3v) is 7.10. The molecule has 0 spiro atoms. The van der Waals surface area contributed by atoms with Crippen LogP contribution in [-0.4, -0.2) is 44.1 Å². The van der Waals surface area contributed by atoms with Crippen LogP contribution in [0.25, 0.3) is 0 Å². The molecule has 0 fully saturated rings. The van der Waals surface area contributed by atoms with Crippen LogP contribution in [0.2, 0.25) is 0 Å². The second-order valence-corrected chi connectivity index (χ2v) is 9.25. The standard InChI is InChI=1S/C25H25FN2O5S/c1-3-28(4-2)34(31,32)23-7-5-6-21(16-23)27-24(29)17-33-22-14-10-19(11-15-22)25(30)18-8-12-20(26)13-9-18/h5-16H,3-4,17H2,1-2H3,(H,27,29). The minimum absolute atomic E-state index is 0.0938. The molecule has 1 amide bonds. The Hall–Kier alpha value is -3.56. The third kappa shape index (κ3) is 6.06. The summed E-state index contributed by atoms with van der Waals surface area (Å²) in [6.07, 6.45) is 0. The zero-order chi connectivity index (χ0) is 24.7. The Balaban J connectivity index is 1.59. The number of benzene rings is 3. The van der Waals surface area contributed by atoms with E-state index < -0.39 is 21.7 Å². The predicted octanol–water partition coefficient (Wildman–Crippen LogP) is 4.10. The highest BCUT2D eigenvalue weighted by Gasteiger charge is 2.22. The van der Waals surface area contributed by atoms with Crippen LogP contribution in [0.1, 0.15) is 29.8 Å². The molecule has 0 aliphatic rings. The molecule has 7 nitrogen and oxygen atoms in total. The first-order chi connectivity index (χ1) is 16.2. The van der Waals surface area contributed by atoms with Crippen molar-refractivity contribution in [1.29, 1.82) is 0 Å². The normalized spacial score (nSPS) is 11.3. The molecular weight excluding hydrogens is 459 g/mol. The molecule has 3 rings (SSSR count). The first kappa shape index (κ1) is 25.1. The summed E-state index contributed by atoms with van der Waals surface area (Å²) >= 11 is 0. The summed E-state index contributed by atoms with van der Waals surface area (Å²) in [5, 5.41) is 2.62. The van der Waals surface area contributed by atoms with Gasteiger partial charge in [-0.2, -0.15) is 4.31 Å². The minimum atomic E-state index is -3.64. The Morgan fingerprint density at radius 3 is 2.09 bits per heavy atom. The number of nitrogens with one attached hydrogen (secondary N) is 1. The van der Waals surface area contributed by atoms with Gasteiger partial charge in [-0.1, -0.05) is 19.9 Å².